The van der Waals surface area contributed by atoms with Gasteiger partial charge in [0.25, 0.3) is 0 Å². The summed E-state index contributed by atoms with van der Waals surface area (Å²) in [6.07, 6.45) is 5.31. The lowest BCUT2D eigenvalue weighted by Crippen LogP contribution is -2.43. The predicted molar refractivity (Wildman–Crippen MR) is 73.6 cm³/mol. The van der Waals surface area contributed by atoms with E-state index in [1.807, 2.05) is 11.8 Å². The molecule has 1 unspecified atom stereocenters. The molecule has 0 radical (unpaired) electrons. The van der Waals surface area contributed by atoms with E-state index in [9.17, 15) is 4.79 Å². The molecule has 1 aliphatic heterocycles. The third-order valence-corrected chi connectivity index (χ3v) is 3.07. The molecule has 4 nitrogen and oxygen atoms in total. The zero-order chi connectivity index (χ0) is 13.4. The number of allylic oxidation sites excluding steroid dienone is 1. The van der Waals surface area contributed by atoms with Gasteiger partial charge in [0.05, 0.1) is 0 Å². The summed E-state index contributed by atoms with van der Waals surface area (Å²) in [5.41, 5.74) is 0.916. The highest BCUT2D eigenvalue weighted by atomic mass is 16.5. The number of ether oxygens (including phenoxy) is 1. The number of aliphatic imine (C=N–C) groups is 1. The van der Waals surface area contributed by atoms with E-state index in [2.05, 4.69) is 18.2 Å². The Balaban J connectivity index is 2.60. The molecule has 1 fully saturated rings. The predicted octanol–water partition coefficient (Wildman–Crippen LogP) is 2.03. The van der Waals surface area contributed by atoms with Crippen molar-refractivity contribution in [2.75, 3.05) is 26.3 Å². The Bertz CT molecular complexity index is 337. The smallest absolute Gasteiger partial charge is 0.248 e. The van der Waals surface area contributed by atoms with Crippen LogP contribution in [0.4, 0.5) is 0 Å². The summed E-state index contributed by atoms with van der Waals surface area (Å²) < 4.78 is 5.16. The van der Waals surface area contributed by atoms with Gasteiger partial charge < -0.3 is 9.64 Å². The minimum Gasteiger partial charge on any atom is -0.372 e. The molecule has 4 heteroatoms. The van der Waals surface area contributed by atoms with Gasteiger partial charge in [-0.25, -0.2) is 0 Å². The quantitative estimate of drug-likeness (QED) is 0.677. The van der Waals surface area contributed by atoms with Gasteiger partial charge in [0.2, 0.25) is 5.91 Å². The Hall–Kier alpha value is -1.42. The maximum absolute atomic E-state index is 11.9. The lowest BCUT2D eigenvalue weighted by atomic mass is 9.93. The van der Waals surface area contributed by atoms with Crippen molar-refractivity contribution in [2.45, 2.75) is 19.8 Å². The van der Waals surface area contributed by atoms with Crippen molar-refractivity contribution in [1.29, 1.82) is 0 Å². The number of likely N-dealkylation sites (tertiary alicyclic amines) is 1. The van der Waals surface area contributed by atoms with E-state index in [1.165, 1.54) is 6.20 Å². The van der Waals surface area contributed by atoms with E-state index in [1.54, 1.807) is 6.08 Å². The molecule has 0 aromatic heterocycles. The van der Waals surface area contributed by atoms with Crippen LogP contribution in [0.5, 0.6) is 0 Å². The van der Waals surface area contributed by atoms with E-state index >= 15 is 0 Å². The van der Waals surface area contributed by atoms with Crippen molar-refractivity contribution in [3.05, 3.63) is 25.4 Å². The Labute approximate surface area is 109 Å². The van der Waals surface area contributed by atoms with Crippen LogP contribution in [0, 0.1) is 5.92 Å². The van der Waals surface area contributed by atoms with Crippen LogP contribution in [0.25, 0.3) is 0 Å². The Morgan fingerprint density at radius 1 is 1.56 bits per heavy atom. The van der Waals surface area contributed by atoms with E-state index in [0.717, 1.165) is 25.1 Å². The van der Waals surface area contributed by atoms with Gasteiger partial charge in [-0.05, 0) is 25.8 Å². The van der Waals surface area contributed by atoms with Crippen LogP contribution in [0.15, 0.2) is 30.4 Å². The Morgan fingerprint density at radius 3 is 2.94 bits per heavy atom. The van der Waals surface area contributed by atoms with Gasteiger partial charge in [-0.2, -0.15) is 0 Å². The van der Waals surface area contributed by atoms with Gasteiger partial charge >= 0.3 is 0 Å². The summed E-state index contributed by atoms with van der Waals surface area (Å²) in [6.45, 7) is 11.5. The molecule has 1 rings (SSSR count). The highest BCUT2D eigenvalue weighted by Crippen LogP contribution is 2.19. The SMILES string of the molecule is C=CN=C(C=C)C1CCCN(C(=O)COCC)C1. The largest absolute Gasteiger partial charge is 0.372 e. The molecule has 18 heavy (non-hydrogen) atoms. The maximum Gasteiger partial charge on any atom is 0.248 e. The van der Waals surface area contributed by atoms with Crippen molar-refractivity contribution in [1.82, 2.24) is 4.90 Å². The van der Waals surface area contributed by atoms with Gasteiger partial charge in [-0.1, -0.05) is 13.2 Å². The highest BCUT2D eigenvalue weighted by Gasteiger charge is 2.25. The molecule has 0 spiro atoms. The van der Waals surface area contributed by atoms with Crippen LogP contribution in [0.3, 0.4) is 0 Å². The Kier molecular flexibility index (Phi) is 6.36. The average molecular weight is 250 g/mol. The monoisotopic (exact) mass is 250 g/mol. The van der Waals surface area contributed by atoms with Gasteiger partial charge in [-0.15, -0.1) is 0 Å². The molecule has 0 saturated carbocycles. The topological polar surface area (TPSA) is 41.9 Å². The number of hydrogen-bond donors (Lipinski definition) is 0. The highest BCUT2D eigenvalue weighted by molar-refractivity contribution is 5.97. The fourth-order valence-electron chi connectivity index (χ4n) is 2.16. The van der Waals surface area contributed by atoms with Crippen LogP contribution in [0.2, 0.25) is 0 Å². The normalized spacial score (nSPS) is 20.6. The van der Waals surface area contributed by atoms with Crippen LogP contribution >= 0.6 is 0 Å². The molecule has 0 N–H and O–H groups in total. The minimum atomic E-state index is 0.0589. The minimum absolute atomic E-state index is 0.0589. The second-order valence-corrected chi connectivity index (χ2v) is 4.26. The van der Waals surface area contributed by atoms with Crippen molar-refractivity contribution in [2.24, 2.45) is 10.9 Å². The standard InChI is InChI=1S/C14H22N2O2/c1-4-13(15-5-2)12-8-7-9-16(10-12)14(17)11-18-6-3/h4-5,12H,1-2,6-11H2,3H3. The first kappa shape index (κ1) is 14.6. The summed E-state index contributed by atoms with van der Waals surface area (Å²) in [6, 6.07) is 0. The molecule has 0 aromatic carbocycles. The third-order valence-electron chi connectivity index (χ3n) is 3.07. The first-order chi connectivity index (χ1) is 8.72. The molecule has 100 valence electrons. The second kappa shape index (κ2) is 7.82. The summed E-state index contributed by atoms with van der Waals surface area (Å²) in [7, 11) is 0. The number of piperidine rings is 1. The lowest BCUT2D eigenvalue weighted by Gasteiger charge is -2.32. The molecule has 1 heterocycles. The van der Waals surface area contributed by atoms with Crippen LogP contribution in [-0.4, -0.2) is 42.8 Å². The number of carbonyl (C=O) groups is 1. The fourth-order valence-corrected chi connectivity index (χ4v) is 2.16. The number of amides is 1. The summed E-state index contributed by atoms with van der Waals surface area (Å²) in [5, 5.41) is 0. The summed E-state index contributed by atoms with van der Waals surface area (Å²) >= 11 is 0. The molecule has 0 aliphatic carbocycles. The number of carbonyl (C=O) groups excluding carboxylic acids is 1. The van der Waals surface area contributed by atoms with Gasteiger partial charge in [0, 0.05) is 37.5 Å². The third kappa shape index (κ3) is 4.11. The maximum atomic E-state index is 11.9. The Morgan fingerprint density at radius 2 is 2.33 bits per heavy atom. The summed E-state index contributed by atoms with van der Waals surface area (Å²) in [4.78, 5) is 18.0. The number of hydrogen-bond acceptors (Lipinski definition) is 3. The molecule has 0 aromatic rings. The van der Waals surface area contributed by atoms with Crippen LogP contribution in [-0.2, 0) is 9.53 Å². The van der Waals surface area contributed by atoms with Gasteiger partial charge in [0.15, 0.2) is 0 Å². The number of rotatable bonds is 6. The fraction of sp³-hybridized carbons (Fsp3) is 0.571. The number of nitrogens with zero attached hydrogens (tertiary/aromatic N) is 2. The van der Waals surface area contributed by atoms with Crippen LogP contribution in [0.1, 0.15) is 19.8 Å². The molecule has 1 atom stereocenters. The van der Waals surface area contributed by atoms with Gasteiger partial charge in [0.1, 0.15) is 6.61 Å². The molecular formula is C14H22N2O2. The first-order valence-corrected chi connectivity index (χ1v) is 6.39. The molecule has 0 bridgehead atoms. The second-order valence-electron chi connectivity index (χ2n) is 4.26. The van der Waals surface area contributed by atoms with E-state index in [0.29, 0.717) is 13.2 Å². The van der Waals surface area contributed by atoms with E-state index < -0.39 is 0 Å². The van der Waals surface area contributed by atoms with Crippen molar-refractivity contribution in [3.63, 3.8) is 0 Å². The average Bonchev–Trinajstić information content (AvgIpc) is 2.42. The lowest BCUT2D eigenvalue weighted by molar-refractivity contribution is -0.137. The molecule has 1 aliphatic rings. The van der Waals surface area contributed by atoms with E-state index in [4.69, 9.17) is 4.74 Å². The first-order valence-electron chi connectivity index (χ1n) is 6.39. The zero-order valence-corrected chi connectivity index (χ0v) is 11.1. The van der Waals surface area contributed by atoms with Crippen LogP contribution < -0.4 is 0 Å². The van der Waals surface area contributed by atoms with Crippen molar-refractivity contribution >= 4 is 11.6 Å². The summed E-state index contributed by atoms with van der Waals surface area (Å²) in [5.74, 6) is 0.323. The van der Waals surface area contributed by atoms with Crippen molar-refractivity contribution < 1.29 is 9.53 Å². The van der Waals surface area contributed by atoms with Crippen molar-refractivity contribution in [3.8, 4) is 0 Å². The van der Waals surface area contributed by atoms with Gasteiger partial charge in [-0.3, -0.25) is 9.79 Å². The molecule has 1 saturated heterocycles. The molecule has 1 amide bonds. The van der Waals surface area contributed by atoms with E-state index in [-0.39, 0.29) is 18.4 Å². The zero-order valence-electron chi connectivity index (χ0n) is 11.1. The molecular weight excluding hydrogens is 228 g/mol.